The Labute approximate surface area is 117 Å². The van der Waals surface area contributed by atoms with Crippen LogP contribution in [0.3, 0.4) is 0 Å². The number of aryl methyl sites for hydroxylation is 2. The van der Waals surface area contributed by atoms with Gasteiger partial charge in [-0.15, -0.1) is 0 Å². The summed E-state index contributed by atoms with van der Waals surface area (Å²) in [6.45, 7) is 7.07. The van der Waals surface area contributed by atoms with E-state index in [1.54, 1.807) is 0 Å². The molecule has 2 rings (SSSR count). The minimum atomic E-state index is 0.0532. The number of hydrogen-bond acceptors (Lipinski definition) is 2. The SMILES string of the molecule is Cn1cc(CCC2(N)CCC(C(C)(C)C)CC2)cn1. The number of aromatic nitrogens is 2. The van der Waals surface area contributed by atoms with E-state index in [1.165, 1.54) is 31.2 Å². The Morgan fingerprint density at radius 2 is 2.00 bits per heavy atom. The van der Waals surface area contributed by atoms with Gasteiger partial charge in [0.25, 0.3) is 0 Å². The van der Waals surface area contributed by atoms with Crippen molar-refractivity contribution in [1.29, 1.82) is 0 Å². The van der Waals surface area contributed by atoms with Crippen LogP contribution in [0, 0.1) is 11.3 Å². The third-order valence-electron chi connectivity index (χ3n) is 4.88. The summed E-state index contributed by atoms with van der Waals surface area (Å²) in [5, 5.41) is 4.22. The second-order valence-corrected chi connectivity index (χ2v) is 7.52. The quantitative estimate of drug-likeness (QED) is 0.909. The maximum Gasteiger partial charge on any atom is 0.0521 e. The summed E-state index contributed by atoms with van der Waals surface area (Å²) in [5.41, 5.74) is 8.39. The van der Waals surface area contributed by atoms with Gasteiger partial charge in [-0.25, -0.2) is 0 Å². The highest BCUT2D eigenvalue weighted by Gasteiger charge is 2.35. The van der Waals surface area contributed by atoms with Crippen LogP contribution >= 0.6 is 0 Å². The van der Waals surface area contributed by atoms with E-state index in [2.05, 4.69) is 32.1 Å². The van der Waals surface area contributed by atoms with Crippen molar-refractivity contribution in [3.63, 3.8) is 0 Å². The second-order valence-electron chi connectivity index (χ2n) is 7.52. The van der Waals surface area contributed by atoms with Crippen molar-refractivity contribution in [3.05, 3.63) is 18.0 Å². The van der Waals surface area contributed by atoms with Gasteiger partial charge in [-0.2, -0.15) is 5.10 Å². The van der Waals surface area contributed by atoms with Crippen molar-refractivity contribution in [2.75, 3.05) is 0 Å². The topological polar surface area (TPSA) is 43.8 Å². The molecule has 0 aromatic carbocycles. The minimum Gasteiger partial charge on any atom is -0.325 e. The zero-order valence-corrected chi connectivity index (χ0v) is 12.9. The van der Waals surface area contributed by atoms with Gasteiger partial charge in [-0.05, 0) is 55.4 Å². The maximum absolute atomic E-state index is 6.59. The molecule has 1 heterocycles. The van der Waals surface area contributed by atoms with Crippen LogP contribution in [0.1, 0.15) is 58.4 Å². The number of nitrogens with zero attached hydrogens (tertiary/aromatic N) is 2. The van der Waals surface area contributed by atoms with E-state index in [1.807, 2.05) is 17.9 Å². The molecule has 0 radical (unpaired) electrons. The summed E-state index contributed by atoms with van der Waals surface area (Å²) in [7, 11) is 1.97. The van der Waals surface area contributed by atoms with Crippen LogP contribution < -0.4 is 5.73 Å². The Kier molecular flexibility index (Phi) is 4.05. The van der Waals surface area contributed by atoms with Gasteiger partial charge in [-0.3, -0.25) is 4.68 Å². The summed E-state index contributed by atoms with van der Waals surface area (Å²) >= 11 is 0. The largest absolute Gasteiger partial charge is 0.325 e. The zero-order chi connectivity index (χ0) is 14.1. The zero-order valence-electron chi connectivity index (χ0n) is 12.9. The van der Waals surface area contributed by atoms with E-state index in [4.69, 9.17) is 5.73 Å². The van der Waals surface area contributed by atoms with Gasteiger partial charge in [0.05, 0.1) is 6.20 Å². The van der Waals surface area contributed by atoms with Crippen molar-refractivity contribution >= 4 is 0 Å². The minimum absolute atomic E-state index is 0.0532. The fourth-order valence-electron chi connectivity index (χ4n) is 3.30. The first-order valence-corrected chi connectivity index (χ1v) is 7.55. The molecule has 0 saturated heterocycles. The lowest BCUT2D eigenvalue weighted by molar-refractivity contribution is 0.130. The van der Waals surface area contributed by atoms with Crippen molar-refractivity contribution in [2.24, 2.45) is 24.1 Å². The number of rotatable bonds is 3. The Morgan fingerprint density at radius 3 is 2.47 bits per heavy atom. The van der Waals surface area contributed by atoms with Gasteiger partial charge in [0.2, 0.25) is 0 Å². The molecule has 0 aliphatic heterocycles. The van der Waals surface area contributed by atoms with Crippen molar-refractivity contribution in [3.8, 4) is 0 Å². The molecule has 0 spiro atoms. The summed E-state index contributed by atoms with van der Waals surface area (Å²) in [5.74, 6) is 0.836. The van der Waals surface area contributed by atoms with Gasteiger partial charge < -0.3 is 5.73 Å². The van der Waals surface area contributed by atoms with Crippen LogP contribution in [0.5, 0.6) is 0 Å². The van der Waals surface area contributed by atoms with Crippen LogP contribution in [0.2, 0.25) is 0 Å². The van der Waals surface area contributed by atoms with Gasteiger partial charge in [0.1, 0.15) is 0 Å². The molecule has 1 saturated carbocycles. The Hall–Kier alpha value is -0.830. The van der Waals surface area contributed by atoms with E-state index in [-0.39, 0.29) is 5.54 Å². The van der Waals surface area contributed by atoms with Gasteiger partial charge in [0.15, 0.2) is 0 Å². The van der Waals surface area contributed by atoms with Crippen LogP contribution in [0.15, 0.2) is 12.4 Å². The first-order chi connectivity index (χ1) is 8.78. The first kappa shape index (κ1) is 14.6. The normalized spacial score (nSPS) is 28.6. The third-order valence-corrected chi connectivity index (χ3v) is 4.88. The molecule has 2 N–H and O–H groups in total. The summed E-state index contributed by atoms with van der Waals surface area (Å²) in [6.07, 6.45) is 11.1. The highest BCUT2D eigenvalue weighted by atomic mass is 15.2. The molecule has 0 atom stereocenters. The molecule has 0 bridgehead atoms. The van der Waals surface area contributed by atoms with E-state index < -0.39 is 0 Å². The summed E-state index contributed by atoms with van der Waals surface area (Å²) in [4.78, 5) is 0. The van der Waals surface area contributed by atoms with Crippen LogP contribution in [-0.2, 0) is 13.5 Å². The predicted molar refractivity (Wildman–Crippen MR) is 79.9 cm³/mol. The number of nitrogens with two attached hydrogens (primary N) is 1. The molecule has 1 fully saturated rings. The molecule has 3 heteroatoms. The molecule has 1 aliphatic rings. The van der Waals surface area contributed by atoms with E-state index >= 15 is 0 Å². The third kappa shape index (κ3) is 3.82. The molecule has 19 heavy (non-hydrogen) atoms. The second kappa shape index (κ2) is 5.28. The monoisotopic (exact) mass is 263 g/mol. The highest BCUT2D eigenvalue weighted by Crippen LogP contribution is 2.41. The molecule has 3 nitrogen and oxygen atoms in total. The van der Waals surface area contributed by atoms with Gasteiger partial charge in [0, 0.05) is 18.8 Å². The smallest absolute Gasteiger partial charge is 0.0521 e. The molecule has 0 amide bonds. The number of hydrogen-bond donors (Lipinski definition) is 1. The Balaban J connectivity index is 1.85. The van der Waals surface area contributed by atoms with Crippen molar-refractivity contribution < 1.29 is 0 Å². The van der Waals surface area contributed by atoms with Gasteiger partial charge >= 0.3 is 0 Å². The average Bonchev–Trinajstić information content (AvgIpc) is 2.72. The van der Waals surface area contributed by atoms with E-state index in [0.717, 1.165) is 18.8 Å². The van der Waals surface area contributed by atoms with Crippen molar-refractivity contribution in [2.45, 2.75) is 64.8 Å². The molecule has 108 valence electrons. The average molecular weight is 263 g/mol. The molecule has 1 aliphatic carbocycles. The summed E-state index contributed by atoms with van der Waals surface area (Å²) in [6, 6.07) is 0. The van der Waals surface area contributed by atoms with Crippen LogP contribution in [-0.4, -0.2) is 15.3 Å². The lowest BCUT2D eigenvalue weighted by Gasteiger charge is -2.42. The fraction of sp³-hybridized carbons (Fsp3) is 0.812. The lowest BCUT2D eigenvalue weighted by atomic mass is 9.66. The van der Waals surface area contributed by atoms with Crippen LogP contribution in [0.4, 0.5) is 0 Å². The molecule has 1 aromatic rings. The molecular formula is C16H29N3. The summed E-state index contributed by atoms with van der Waals surface area (Å²) < 4.78 is 1.87. The first-order valence-electron chi connectivity index (χ1n) is 7.55. The van der Waals surface area contributed by atoms with E-state index in [9.17, 15) is 0 Å². The Bertz CT molecular complexity index is 406. The van der Waals surface area contributed by atoms with Crippen molar-refractivity contribution in [1.82, 2.24) is 9.78 Å². The Morgan fingerprint density at radius 1 is 1.37 bits per heavy atom. The van der Waals surface area contributed by atoms with Gasteiger partial charge in [-0.1, -0.05) is 20.8 Å². The molecule has 1 aromatic heterocycles. The van der Waals surface area contributed by atoms with E-state index in [0.29, 0.717) is 5.41 Å². The lowest BCUT2D eigenvalue weighted by Crippen LogP contribution is -2.45. The predicted octanol–water partition coefficient (Wildman–Crippen LogP) is 3.29. The fourth-order valence-corrected chi connectivity index (χ4v) is 3.30. The maximum atomic E-state index is 6.59. The molecular weight excluding hydrogens is 234 g/mol. The molecule has 0 unspecified atom stereocenters. The standard InChI is InChI=1S/C16H29N3/c1-15(2,3)14-6-9-16(17,10-7-14)8-5-13-11-18-19(4)12-13/h11-12,14H,5-10,17H2,1-4H3. The highest BCUT2D eigenvalue weighted by molar-refractivity contribution is 5.06. The van der Waals surface area contributed by atoms with Crippen LogP contribution in [0.25, 0.3) is 0 Å².